The van der Waals surface area contributed by atoms with Crippen molar-refractivity contribution in [2.75, 3.05) is 13.2 Å². The van der Waals surface area contributed by atoms with Gasteiger partial charge in [0.05, 0.1) is 12.2 Å². The molecule has 0 unspecified atom stereocenters. The van der Waals surface area contributed by atoms with Gasteiger partial charge in [0.15, 0.2) is 5.79 Å². The highest BCUT2D eigenvalue weighted by Gasteiger charge is 2.30. The fourth-order valence-corrected chi connectivity index (χ4v) is 1.88. The number of hydrogen-bond donors (Lipinski definition) is 0. The summed E-state index contributed by atoms with van der Waals surface area (Å²) in [5, 5.41) is 0. The molecular formula is C15H30O5. The molecule has 0 rings (SSSR count). The Morgan fingerprint density at radius 3 is 1.70 bits per heavy atom. The summed E-state index contributed by atoms with van der Waals surface area (Å²) in [4.78, 5) is 20.8. The molecule has 5 nitrogen and oxygen atoms in total. The molecule has 0 fully saturated rings. The minimum atomic E-state index is -0.631. The molecular weight excluding hydrogens is 260 g/mol. The quantitative estimate of drug-likeness (QED) is 0.532. The highest BCUT2D eigenvalue weighted by Crippen LogP contribution is 2.24. The number of carbonyl (C=O) groups excluding carboxylic acids is 2. The van der Waals surface area contributed by atoms with E-state index in [-0.39, 0.29) is 11.8 Å². The minimum Gasteiger partial charge on any atom is -0.466 e. The molecule has 0 atom stereocenters. The smallest absolute Gasteiger partial charge is 0.302 e. The predicted octanol–water partition coefficient (Wildman–Crippen LogP) is 3.10. The zero-order valence-electron chi connectivity index (χ0n) is 14.2. The SMILES string of the molecule is CCOC(C)(C)OC(C)(C)CC(C)=O.CCOC(C)=O. The van der Waals surface area contributed by atoms with Crippen LogP contribution in [0.2, 0.25) is 0 Å². The molecule has 0 N–H and O–H groups in total. The molecule has 0 saturated heterocycles. The Kier molecular flexibility index (Phi) is 10.6. The van der Waals surface area contributed by atoms with Gasteiger partial charge in [0, 0.05) is 20.0 Å². The van der Waals surface area contributed by atoms with Crippen molar-refractivity contribution in [3.63, 3.8) is 0 Å². The van der Waals surface area contributed by atoms with Gasteiger partial charge in [-0.1, -0.05) is 0 Å². The lowest BCUT2D eigenvalue weighted by atomic mass is 10.0. The van der Waals surface area contributed by atoms with Gasteiger partial charge in [-0.2, -0.15) is 0 Å². The van der Waals surface area contributed by atoms with Crippen LogP contribution in [0.4, 0.5) is 0 Å². The lowest BCUT2D eigenvalue weighted by Gasteiger charge is -2.35. The van der Waals surface area contributed by atoms with Crippen LogP contribution in [0, 0.1) is 0 Å². The maximum Gasteiger partial charge on any atom is 0.302 e. The van der Waals surface area contributed by atoms with E-state index in [2.05, 4.69) is 4.74 Å². The first-order valence-electron chi connectivity index (χ1n) is 6.92. The average Bonchev–Trinajstić information content (AvgIpc) is 2.12. The fourth-order valence-electron chi connectivity index (χ4n) is 1.88. The van der Waals surface area contributed by atoms with Gasteiger partial charge in [-0.15, -0.1) is 0 Å². The summed E-state index contributed by atoms with van der Waals surface area (Å²) >= 11 is 0. The molecule has 0 aliphatic heterocycles. The van der Waals surface area contributed by atoms with E-state index in [0.717, 1.165) is 0 Å². The van der Waals surface area contributed by atoms with Crippen molar-refractivity contribution >= 4 is 11.8 Å². The lowest BCUT2D eigenvalue weighted by Crippen LogP contribution is -2.40. The summed E-state index contributed by atoms with van der Waals surface area (Å²) in [6, 6.07) is 0. The molecule has 20 heavy (non-hydrogen) atoms. The van der Waals surface area contributed by atoms with Crippen molar-refractivity contribution in [2.24, 2.45) is 0 Å². The van der Waals surface area contributed by atoms with Crippen LogP contribution in [0.15, 0.2) is 0 Å². The Morgan fingerprint density at radius 2 is 1.45 bits per heavy atom. The first kappa shape index (κ1) is 21.4. The van der Waals surface area contributed by atoms with E-state index in [9.17, 15) is 9.59 Å². The number of hydrogen-bond acceptors (Lipinski definition) is 5. The van der Waals surface area contributed by atoms with Crippen molar-refractivity contribution in [3.05, 3.63) is 0 Å². The van der Waals surface area contributed by atoms with Crippen LogP contribution in [0.25, 0.3) is 0 Å². The third-order valence-corrected chi connectivity index (χ3v) is 2.04. The Labute approximate surface area is 123 Å². The Balaban J connectivity index is 0. The van der Waals surface area contributed by atoms with Gasteiger partial charge in [-0.25, -0.2) is 0 Å². The largest absolute Gasteiger partial charge is 0.466 e. The van der Waals surface area contributed by atoms with Crippen molar-refractivity contribution in [1.29, 1.82) is 0 Å². The maximum absolute atomic E-state index is 11.0. The third-order valence-electron chi connectivity index (χ3n) is 2.04. The van der Waals surface area contributed by atoms with Crippen molar-refractivity contribution in [1.82, 2.24) is 0 Å². The van der Waals surface area contributed by atoms with Crippen LogP contribution in [0.1, 0.15) is 61.8 Å². The van der Waals surface area contributed by atoms with Gasteiger partial charge in [0.1, 0.15) is 5.78 Å². The Bertz CT molecular complexity index is 295. The number of Topliss-reactive ketones (excluding diaryl/α,β-unsaturated/α-hetero) is 1. The molecule has 5 heteroatoms. The molecule has 0 bridgehead atoms. The lowest BCUT2D eigenvalue weighted by molar-refractivity contribution is -0.260. The highest BCUT2D eigenvalue weighted by molar-refractivity contribution is 5.76. The second kappa shape index (κ2) is 9.88. The van der Waals surface area contributed by atoms with Crippen LogP contribution in [0.3, 0.4) is 0 Å². The normalized spacial score (nSPS) is 11.4. The van der Waals surface area contributed by atoms with Gasteiger partial charge in [0.2, 0.25) is 0 Å². The van der Waals surface area contributed by atoms with Crippen LogP contribution in [-0.4, -0.2) is 36.4 Å². The second-order valence-corrected chi connectivity index (χ2v) is 5.50. The van der Waals surface area contributed by atoms with Crippen molar-refractivity contribution < 1.29 is 23.8 Å². The molecule has 0 aromatic heterocycles. The standard InChI is InChI=1S/C11H22O3.C4H8O2/c1-7-13-11(5,6)14-10(3,4)8-9(2)12;1-3-6-4(2)5/h7-8H2,1-6H3;3H2,1-2H3. The van der Waals surface area contributed by atoms with Crippen LogP contribution < -0.4 is 0 Å². The van der Waals surface area contributed by atoms with Gasteiger partial charge in [-0.05, 0) is 48.5 Å². The van der Waals surface area contributed by atoms with Crippen LogP contribution in [-0.2, 0) is 23.8 Å². The van der Waals surface area contributed by atoms with Gasteiger partial charge in [-0.3, -0.25) is 9.59 Å². The van der Waals surface area contributed by atoms with Gasteiger partial charge >= 0.3 is 5.97 Å². The summed E-state index contributed by atoms with van der Waals surface area (Å²) < 4.78 is 15.5. The summed E-state index contributed by atoms with van der Waals surface area (Å²) in [6.45, 7) is 15.3. The number of rotatable bonds is 7. The van der Waals surface area contributed by atoms with E-state index in [1.165, 1.54) is 6.92 Å². The zero-order chi connectivity index (χ0) is 16.4. The van der Waals surface area contributed by atoms with Crippen molar-refractivity contribution in [2.45, 2.75) is 73.2 Å². The number of carbonyl (C=O) groups is 2. The molecule has 0 aromatic carbocycles. The van der Waals surface area contributed by atoms with E-state index >= 15 is 0 Å². The topological polar surface area (TPSA) is 61.8 Å². The zero-order valence-corrected chi connectivity index (χ0v) is 14.2. The second-order valence-electron chi connectivity index (χ2n) is 5.50. The molecule has 0 aromatic rings. The van der Waals surface area contributed by atoms with Crippen molar-refractivity contribution in [3.8, 4) is 0 Å². The van der Waals surface area contributed by atoms with Gasteiger partial charge < -0.3 is 14.2 Å². The first-order valence-corrected chi connectivity index (χ1v) is 6.92. The third kappa shape index (κ3) is 15.1. The average molecular weight is 290 g/mol. The molecule has 0 amide bonds. The van der Waals surface area contributed by atoms with E-state index in [1.54, 1.807) is 13.8 Å². The highest BCUT2D eigenvalue weighted by atomic mass is 16.7. The van der Waals surface area contributed by atoms with Crippen LogP contribution in [0.5, 0.6) is 0 Å². The predicted molar refractivity (Wildman–Crippen MR) is 78.5 cm³/mol. The van der Waals surface area contributed by atoms with E-state index in [1.807, 2.05) is 34.6 Å². The molecule has 120 valence electrons. The Hall–Kier alpha value is -0.940. The van der Waals surface area contributed by atoms with E-state index in [0.29, 0.717) is 19.6 Å². The van der Waals surface area contributed by atoms with E-state index in [4.69, 9.17) is 9.47 Å². The molecule has 0 spiro atoms. The summed E-state index contributed by atoms with van der Waals surface area (Å²) in [7, 11) is 0. The summed E-state index contributed by atoms with van der Waals surface area (Å²) in [5.41, 5.74) is -0.468. The molecule has 0 radical (unpaired) electrons. The Morgan fingerprint density at radius 1 is 0.950 bits per heavy atom. The van der Waals surface area contributed by atoms with E-state index < -0.39 is 11.4 Å². The minimum absolute atomic E-state index is 0.127. The monoisotopic (exact) mass is 290 g/mol. The molecule has 0 heterocycles. The number of ether oxygens (including phenoxy) is 3. The molecule has 0 aliphatic rings. The number of esters is 1. The molecule has 0 saturated carbocycles. The first-order chi connectivity index (χ1) is 8.95. The molecule has 0 aliphatic carbocycles. The number of ketones is 1. The fraction of sp³-hybridized carbons (Fsp3) is 0.867. The maximum atomic E-state index is 11.0. The van der Waals surface area contributed by atoms with Crippen LogP contribution >= 0.6 is 0 Å². The van der Waals surface area contributed by atoms with Gasteiger partial charge in [0.25, 0.3) is 0 Å². The summed E-state index contributed by atoms with van der Waals surface area (Å²) in [5.74, 6) is -0.715. The summed E-state index contributed by atoms with van der Waals surface area (Å²) in [6.07, 6.45) is 0.406.